The van der Waals surface area contributed by atoms with Crippen molar-refractivity contribution in [3.8, 4) is 0 Å². The van der Waals surface area contributed by atoms with E-state index in [9.17, 15) is 0 Å². The van der Waals surface area contributed by atoms with E-state index in [0.717, 1.165) is 18.2 Å². The number of hydrogen-bond donors (Lipinski definition) is 1. The molecule has 1 aromatic rings. The molecule has 0 spiro atoms. The molecule has 13 heavy (non-hydrogen) atoms. The van der Waals surface area contributed by atoms with Gasteiger partial charge in [0.15, 0.2) is 0 Å². The van der Waals surface area contributed by atoms with Crippen molar-refractivity contribution in [3.63, 3.8) is 0 Å². The highest BCUT2D eigenvalue weighted by molar-refractivity contribution is 5.20. The van der Waals surface area contributed by atoms with Crippen LogP contribution >= 0.6 is 0 Å². The smallest absolute Gasteiger partial charge is 0.0791 e. The fraction of sp³-hybridized carbons (Fsp3) is 0.700. The molecule has 1 aliphatic carbocycles. The van der Waals surface area contributed by atoms with Crippen LogP contribution < -0.4 is 5.73 Å². The van der Waals surface area contributed by atoms with Gasteiger partial charge in [-0.2, -0.15) is 5.10 Å². The van der Waals surface area contributed by atoms with Crippen LogP contribution in [0.5, 0.6) is 0 Å². The Morgan fingerprint density at radius 1 is 1.69 bits per heavy atom. The second kappa shape index (κ2) is 3.14. The van der Waals surface area contributed by atoms with E-state index in [1.165, 1.54) is 18.5 Å². The molecule has 0 bridgehead atoms. The van der Waals surface area contributed by atoms with Crippen LogP contribution in [-0.2, 0) is 6.54 Å². The van der Waals surface area contributed by atoms with Crippen molar-refractivity contribution < 1.29 is 0 Å². The molecular formula is C10H17N3. The minimum absolute atomic E-state index is 0.0605. The van der Waals surface area contributed by atoms with Crippen LogP contribution in [0.3, 0.4) is 0 Å². The van der Waals surface area contributed by atoms with Crippen LogP contribution in [0.25, 0.3) is 0 Å². The van der Waals surface area contributed by atoms with Gasteiger partial charge < -0.3 is 5.73 Å². The van der Waals surface area contributed by atoms with Gasteiger partial charge in [0.25, 0.3) is 0 Å². The van der Waals surface area contributed by atoms with Crippen LogP contribution in [0.4, 0.5) is 0 Å². The van der Waals surface area contributed by atoms with Crippen LogP contribution in [0.2, 0.25) is 0 Å². The van der Waals surface area contributed by atoms with Gasteiger partial charge >= 0.3 is 0 Å². The molecular weight excluding hydrogens is 162 g/mol. The first-order valence-corrected chi connectivity index (χ1v) is 5.05. The first-order valence-electron chi connectivity index (χ1n) is 5.05. The zero-order valence-corrected chi connectivity index (χ0v) is 8.33. The van der Waals surface area contributed by atoms with Gasteiger partial charge in [-0.15, -0.1) is 0 Å². The van der Waals surface area contributed by atoms with E-state index in [1.807, 2.05) is 6.92 Å². The number of nitrogens with zero attached hydrogens (tertiary/aromatic N) is 2. The predicted octanol–water partition coefficient (Wildman–Crippen LogP) is 1.80. The van der Waals surface area contributed by atoms with E-state index in [-0.39, 0.29) is 6.04 Å². The Kier molecular flexibility index (Phi) is 2.12. The van der Waals surface area contributed by atoms with E-state index in [0.29, 0.717) is 0 Å². The molecule has 3 heteroatoms. The molecule has 1 saturated carbocycles. The summed E-state index contributed by atoms with van der Waals surface area (Å²) in [4.78, 5) is 0. The summed E-state index contributed by atoms with van der Waals surface area (Å²) in [6, 6.07) is 2.23. The average Bonchev–Trinajstić information content (AvgIpc) is 2.84. The largest absolute Gasteiger partial charge is 0.323 e. The summed E-state index contributed by atoms with van der Waals surface area (Å²) in [5.74, 6) is 0.764. The SMILES string of the molecule is CCn1nc(C(C)N)cc1C1CC1. The molecule has 72 valence electrons. The number of nitrogens with two attached hydrogens (primary N) is 1. The Morgan fingerprint density at radius 2 is 2.38 bits per heavy atom. The summed E-state index contributed by atoms with van der Waals surface area (Å²) in [5.41, 5.74) is 8.21. The molecule has 0 amide bonds. The van der Waals surface area contributed by atoms with Gasteiger partial charge in [0.1, 0.15) is 0 Å². The summed E-state index contributed by atoms with van der Waals surface area (Å²) >= 11 is 0. The summed E-state index contributed by atoms with van der Waals surface area (Å²) in [7, 11) is 0. The van der Waals surface area contributed by atoms with Crippen molar-refractivity contribution in [2.45, 2.75) is 45.2 Å². The molecule has 2 rings (SSSR count). The van der Waals surface area contributed by atoms with Gasteiger partial charge in [0.05, 0.1) is 5.69 Å². The summed E-state index contributed by atoms with van der Waals surface area (Å²) in [6.07, 6.45) is 2.65. The Hall–Kier alpha value is -0.830. The van der Waals surface area contributed by atoms with Gasteiger partial charge in [-0.1, -0.05) is 0 Å². The minimum atomic E-state index is 0.0605. The average molecular weight is 179 g/mol. The molecule has 0 radical (unpaired) electrons. The number of aryl methyl sites for hydroxylation is 1. The van der Waals surface area contributed by atoms with E-state index in [1.54, 1.807) is 0 Å². The Bertz CT molecular complexity index is 297. The summed E-state index contributed by atoms with van der Waals surface area (Å²) < 4.78 is 2.09. The van der Waals surface area contributed by atoms with E-state index >= 15 is 0 Å². The lowest BCUT2D eigenvalue weighted by molar-refractivity contribution is 0.604. The van der Waals surface area contributed by atoms with Gasteiger partial charge in [-0.25, -0.2) is 0 Å². The van der Waals surface area contributed by atoms with Crippen LogP contribution in [0, 0.1) is 0 Å². The molecule has 2 N–H and O–H groups in total. The third-order valence-electron chi connectivity index (χ3n) is 2.59. The highest BCUT2D eigenvalue weighted by atomic mass is 15.3. The zero-order valence-electron chi connectivity index (χ0n) is 8.33. The van der Waals surface area contributed by atoms with E-state index in [2.05, 4.69) is 22.8 Å². The maximum atomic E-state index is 5.80. The monoisotopic (exact) mass is 179 g/mol. The summed E-state index contributed by atoms with van der Waals surface area (Å²) in [5, 5.41) is 4.48. The quantitative estimate of drug-likeness (QED) is 0.769. The second-order valence-corrected chi connectivity index (χ2v) is 3.87. The van der Waals surface area contributed by atoms with Crippen LogP contribution in [0.15, 0.2) is 6.07 Å². The van der Waals surface area contributed by atoms with E-state index in [4.69, 9.17) is 5.73 Å². The molecule has 0 aromatic carbocycles. The van der Waals surface area contributed by atoms with Crippen molar-refractivity contribution in [2.75, 3.05) is 0 Å². The molecule has 1 aliphatic rings. The Morgan fingerprint density at radius 3 is 2.85 bits per heavy atom. The lowest BCUT2D eigenvalue weighted by atomic mass is 10.2. The minimum Gasteiger partial charge on any atom is -0.323 e. The highest BCUT2D eigenvalue weighted by Crippen LogP contribution is 2.40. The van der Waals surface area contributed by atoms with Crippen molar-refractivity contribution in [3.05, 3.63) is 17.5 Å². The lowest BCUT2D eigenvalue weighted by Crippen LogP contribution is -2.07. The van der Waals surface area contributed by atoms with Crippen molar-refractivity contribution in [1.29, 1.82) is 0 Å². The van der Waals surface area contributed by atoms with Crippen molar-refractivity contribution in [2.24, 2.45) is 5.73 Å². The molecule has 1 heterocycles. The van der Waals surface area contributed by atoms with Gasteiger partial charge in [0.2, 0.25) is 0 Å². The third kappa shape index (κ3) is 1.61. The molecule has 0 aliphatic heterocycles. The molecule has 1 atom stereocenters. The fourth-order valence-electron chi connectivity index (χ4n) is 1.64. The zero-order chi connectivity index (χ0) is 9.42. The van der Waals surface area contributed by atoms with Crippen molar-refractivity contribution in [1.82, 2.24) is 9.78 Å². The van der Waals surface area contributed by atoms with E-state index < -0.39 is 0 Å². The molecule has 3 nitrogen and oxygen atoms in total. The second-order valence-electron chi connectivity index (χ2n) is 3.87. The maximum absolute atomic E-state index is 5.80. The topological polar surface area (TPSA) is 43.8 Å². The third-order valence-corrected chi connectivity index (χ3v) is 2.59. The molecule has 1 fully saturated rings. The normalized spacial score (nSPS) is 19.0. The first kappa shape index (κ1) is 8.75. The van der Waals surface area contributed by atoms with Gasteiger partial charge in [0, 0.05) is 24.2 Å². The Labute approximate surface area is 78.9 Å². The molecule has 1 unspecified atom stereocenters. The fourth-order valence-corrected chi connectivity index (χ4v) is 1.64. The van der Waals surface area contributed by atoms with Crippen LogP contribution in [0.1, 0.15) is 50.0 Å². The van der Waals surface area contributed by atoms with Gasteiger partial charge in [-0.05, 0) is 32.8 Å². The van der Waals surface area contributed by atoms with Gasteiger partial charge in [-0.3, -0.25) is 4.68 Å². The summed E-state index contributed by atoms with van der Waals surface area (Å²) in [6.45, 7) is 5.07. The lowest BCUT2D eigenvalue weighted by Gasteiger charge is -2.01. The first-order chi connectivity index (χ1) is 6.22. The van der Waals surface area contributed by atoms with Crippen LogP contribution in [-0.4, -0.2) is 9.78 Å². The predicted molar refractivity (Wildman–Crippen MR) is 52.5 cm³/mol. The molecule has 0 saturated heterocycles. The Balaban J connectivity index is 2.31. The molecule has 1 aromatic heterocycles. The number of rotatable bonds is 3. The maximum Gasteiger partial charge on any atom is 0.0791 e. The number of aromatic nitrogens is 2. The standard InChI is InChI=1S/C10H17N3/c1-3-13-10(8-4-5-8)6-9(12-13)7(2)11/h6-8H,3-5,11H2,1-2H3. The number of hydrogen-bond acceptors (Lipinski definition) is 2. The highest BCUT2D eigenvalue weighted by Gasteiger charge is 2.27. The van der Waals surface area contributed by atoms with Crippen molar-refractivity contribution >= 4 is 0 Å².